The molecule has 0 saturated heterocycles. The first kappa shape index (κ1) is 12.2. The van der Waals surface area contributed by atoms with Crippen LogP contribution in [0.4, 0.5) is 0 Å². The zero-order valence-electron chi connectivity index (χ0n) is 7.62. The first-order chi connectivity index (χ1) is 5.77. The van der Waals surface area contributed by atoms with E-state index in [-0.39, 0.29) is 12.7 Å². The SMILES string of the molecule is C[C@@H](O)CNCCSCCCO. The third-order valence-corrected chi connectivity index (χ3v) is 2.38. The van der Waals surface area contributed by atoms with E-state index in [1.165, 1.54) is 0 Å². The molecule has 0 aromatic rings. The van der Waals surface area contributed by atoms with Crippen LogP contribution in [0.2, 0.25) is 0 Å². The van der Waals surface area contributed by atoms with Gasteiger partial charge < -0.3 is 15.5 Å². The number of aliphatic hydroxyl groups excluding tert-OH is 2. The minimum Gasteiger partial charge on any atom is -0.396 e. The van der Waals surface area contributed by atoms with E-state index in [0.29, 0.717) is 6.54 Å². The molecule has 0 aliphatic rings. The molecule has 0 aromatic heterocycles. The average molecular weight is 193 g/mol. The zero-order valence-corrected chi connectivity index (χ0v) is 8.44. The van der Waals surface area contributed by atoms with Gasteiger partial charge in [-0.1, -0.05) is 0 Å². The number of hydrogen-bond acceptors (Lipinski definition) is 4. The Morgan fingerprint density at radius 2 is 2.17 bits per heavy atom. The van der Waals surface area contributed by atoms with E-state index in [1.54, 1.807) is 6.92 Å². The fraction of sp³-hybridized carbons (Fsp3) is 1.00. The number of thioether (sulfide) groups is 1. The van der Waals surface area contributed by atoms with E-state index in [1.807, 2.05) is 11.8 Å². The molecule has 0 aromatic carbocycles. The van der Waals surface area contributed by atoms with Crippen LogP contribution in [0, 0.1) is 0 Å². The van der Waals surface area contributed by atoms with Crippen LogP contribution in [0.3, 0.4) is 0 Å². The lowest BCUT2D eigenvalue weighted by atomic mass is 10.4. The van der Waals surface area contributed by atoms with Gasteiger partial charge in [0.15, 0.2) is 0 Å². The van der Waals surface area contributed by atoms with Crippen LogP contribution in [-0.2, 0) is 0 Å². The topological polar surface area (TPSA) is 52.5 Å². The minimum absolute atomic E-state index is 0.257. The summed E-state index contributed by atoms with van der Waals surface area (Å²) in [6.45, 7) is 3.65. The Morgan fingerprint density at radius 1 is 1.42 bits per heavy atom. The molecule has 0 radical (unpaired) electrons. The van der Waals surface area contributed by atoms with Crippen molar-refractivity contribution < 1.29 is 10.2 Å². The van der Waals surface area contributed by atoms with Gasteiger partial charge in [-0.3, -0.25) is 0 Å². The summed E-state index contributed by atoms with van der Waals surface area (Å²) in [5.41, 5.74) is 0. The maximum absolute atomic E-state index is 8.89. The monoisotopic (exact) mass is 193 g/mol. The third kappa shape index (κ3) is 10.2. The molecule has 0 saturated carbocycles. The second-order valence-electron chi connectivity index (χ2n) is 2.74. The molecule has 1 atom stereocenters. The van der Waals surface area contributed by atoms with Crippen molar-refractivity contribution in [2.24, 2.45) is 0 Å². The molecule has 0 rings (SSSR count). The van der Waals surface area contributed by atoms with Crippen molar-refractivity contribution in [3.63, 3.8) is 0 Å². The summed E-state index contributed by atoms with van der Waals surface area (Å²) < 4.78 is 0. The van der Waals surface area contributed by atoms with Crippen molar-refractivity contribution in [2.75, 3.05) is 31.2 Å². The van der Waals surface area contributed by atoms with Crippen molar-refractivity contribution in [1.82, 2.24) is 5.32 Å². The molecule has 0 bridgehead atoms. The lowest BCUT2D eigenvalue weighted by Gasteiger charge is -2.05. The molecule has 4 heteroatoms. The Labute approximate surface area is 78.6 Å². The molecule has 0 heterocycles. The molecule has 12 heavy (non-hydrogen) atoms. The summed E-state index contributed by atoms with van der Waals surface area (Å²) in [5, 5.41) is 20.5. The summed E-state index contributed by atoms with van der Waals surface area (Å²) in [4.78, 5) is 0. The van der Waals surface area contributed by atoms with Crippen LogP contribution in [0.15, 0.2) is 0 Å². The molecular formula is C8H19NO2S. The van der Waals surface area contributed by atoms with Crippen LogP contribution in [-0.4, -0.2) is 47.5 Å². The Morgan fingerprint density at radius 3 is 2.75 bits per heavy atom. The Kier molecular flexibility index (Phi) is 9.50. The zero-order chi connectivity index (χ0) is 9.23. The maximum atomic E-state index is 8.89. The third-order valence-electron chi connectivity index (χ3n) is 1.31. The Bertz CT molecular complexity index is 91.1. The van der Waals surface area contributed by atoms with E-state index < -0.39 is 0 Å². The van der Waals surface area contributed by atoms with Gasteiger partial charge in [0.05, 0.1) is 6.10 Å². The lowest BCUT2D eigenvalue weighted by Crippen LogP contribution is -2.26. The smallest absolute Gasteiger partial charge is 0.0636 e. The fourth-order valence-electron chi connectivity index (χ4n) is 0.724. The molecule has 0 amide bonds. The number of nitrogens with one attached hydrogen (secondary N) is 1. The highest BCUT2D eigenvalue weighted by Crippen LogP contribution is 1.99. The van der Waals surface area contributed by atoms with Gasteiger partial charge in [0.1, 0.15) is 0 Å². The molecule has 0 fully saturated rings. The van der Waals surface area contributed by atoms with Gasteiger partial charge in [0.2, 0.25) is 0 Å². The lowest BCUT2D eigenvalue weighted by molar-refractivity contribution is 0.192. The van der Waals surface area contributed by atoms with Crippen molar-refractivity contribution in [2.45, 2.75) is 19.4 Å². The predicted molar refractivity (Wildman–Crippen MR) is 53.6 cm³/mol. The van der Waals surface area contributed by atoms with Crippen molar-refractivity contribution in [3.8, 4) is 0 Å². The average Bonchev–Trinajstić information content (AvgIpc) is 2.02. The molecule has 74 valence electrons. The van der Waals surface area contributed by atoms with Gasteiger partial charge >= 0.3 is 0 Å². The second kappa shape index (κ2) is 9.32. The van der Waals surface area contributed by atoms with Crippen molar-refractivity contribution in [1.29, 1.82) is 0 Å². The van der Waals surface area contributed by atoms with Crippen molar-refractivity contribution >= 4 is 11.8 Å². The van der Waals surface area contributed by atoms with Crippen LogP contribution in [0.1, 0.15) is 13.3 Å². The highest BCUT2D eigenvalue weighted by atomic mass is 32.2. The van der Waals surface area contributed by atoms with Gasteiger partial charge in [0, 0.05) is 25.4 Å². The van der Waals surface area contributed by atoms with E-state index in [4.69, 9.17) is 10.2 Å². The number of aliphatic hydroxyl groups is 2. The maximum Gasteiger partial charge on any atom is 0.0636 e. The van der Waals surface area contributed by atoms with Gasteiger partial charge in [-0.05, 0) is 19.1 Å². The fourth-order valence-corrected chi connectivity index (χ4v) is 1.55. The molecule has 0 aliphatic carbocycles. The molecule has 0 unspecified atom stereocenters. The van der Waals surface area contributed by atoms with Crippen LogP contribution >= 0.6 is 11.8 Å². The molecule has 0 aliphatic heterocycles. The summed E-state index contributed by atoms with van der Waals surface area (Å²) in [6, 6.07) is 0. The van der Waals surface area contributed by atoms with Gasteiger partial charge in [-0.15, -0.1) is 0 Å². The molecule has 3 N–H and O–H groups in total. The number of hydrogen-bond donors (Lipinski definition) is 3. The van der Waals surface area contributed by atoms with E-state index in [0.717, 1.165) is 24.5 Å². The van der Waals surface area contributed by atoms with Crippen LogP contribution < -0.4 is 5.32 Å². The normalized spacial score (nSPS) is 13.2. The molecule has 0 spiro atoms. The minimum atomic E-state index is -0.257. The summed E-state index contributed by atoms with van der Waals surface area (Å²) >= 11 is 1.83. The molecular weight excluding hydrogens is 174 g/mol. The van der Waals surface area contributed by atoms with Gasteiger partial charge in [-0.2, -0.15) is 11.8 Å². The molecule has 3 nitrogen and oxygen atoms in total. The van der Waals surface area contributed by atoms with E-state index in [9.17, 15) is 0 Å². The largest absolute Gasteiger partial charge is 0.396 e. The highest BCUT2D eigenvalue weighted by Gasteiger charge is 1.93. The Hall–Kier alpha value is 0.230. The van der Waals surface area contributed by atoms with Gasteiger partial charge in [0.25, 0.3) is 0 Å². The Balaban J connectivity index is 2.82. The first-order valence-electron chi connectivity index (χ1n) is 4.34. The second-order valence-corrected chi connectivity index (χ2v) is 3.97. The summed E-state index contributed by atoms with van der Waals surface area (Å²) in [5.74, 6) is 2.07. The highest BCUT2D eigenvalue weighted by molar-refractivity contribution is 7.99. The van der Waals surface area contributed by atoms with Crippen LogP contribution in [0.25, 0.3) is 0 Å². The number of rotatable bonds is 8. The van der Waals surface area contributed by atoms with E-state index >= 15 is 0 Å². The summed E-state index contributed by atoms with van der Waals surface area (Å²) in [7, 11) is 0. The summed E-state index contributed by atoms with van der Waals surface area (Å²) in [6.07, 6.45) is 0.619. The van der Waals surface area contributed by atoms with E-state index in [2.05, 4.69) is 5.32 Å². The first-order valence-corrected chi connectivity index (χ1v) is 5.50. The quantitative estimate of drug-likeness (QED) is 0.478. The van der Waals surface area contributed by atoms with Gasteiger partial charge in [-0.25, -0.2) is 0 Å². The predicted octanol–water partition coefficient (Wildman–Crippen LogP) is 0.0724. The van der Waals surface area contributed by atoms with Crippen molar-refractivity contribution in [3.05, 3.63) is 0 Å². The standard InChI is InChI=1S/C8H19NO2S/c1-8(11)7-9-3-6-12-5-2-4-10/h8-11H,2-7H2,1H3/t8-/m1/s1. The van der Waals surface area contributed by atoms with Crippen LogP contribution in [0.5, 0.6) is 0 Å².